The lowest BCUT2D eigenvalue weighted by Gasteiger charge is -2.31. The number of nitro groups is 1. The van der Waals surface area contributed by atoms with Crippen molar-refractivity contribution in [3.05, 3.63) is 28.3 Å². The number of anilines is 2. The van der Waals surface area contributed by atoms with Crippen LogP contribution in [0.4, 0.5) is 11.4 Å². The highest BCUT2D eigenvalue weighted by molar-refractivity contribution is 7.89. The second-order valence-corrected chi connectivity index (χ2v) is 9.87. The van der Waals surface area contributed by atoms with Gasteiger partial charge in [-0.05, 0) is 37.5 Å². The van der Waals surface area contributed by atoms with Gasteiger partial charge in [-0.15, -0.1) is 0 Å². The van der Waals surface area contributed by atoms with Crippen LogP contribution in [0.15, 0.2) is 23.1 Å². The number of hydrogen-bond acceptors (Lipinski definition) is 7. The van der Waals surface area contributed by atoms with Gasteiger partial charge in [-0.1, -0.05) is 0 Å². The van der Waals surface area contributed by atoms with Gasteiger partial charge in [0.2, 0.25) is 22.0 Å². The van der Waals surface area contributed by atoms with Crippen LogP contribution in [0, 0.1) is 16.0 Å². The number of carbonyl (C=O) groups excluding carboxylic acids is 1. The Hall–Kier alpha value is -2.24. The molecule has 3 fully saturated rings. The molecule has 2 heterocycles. The maximum absolute atomic E-state index is 13.1. The van der Waals surface area contributed by atoms with Gasteiger partial charge in [-0.2, -0.15) is 4.31 Å². The minimum absolute atomic E-state index is 0.0992. The molecule has 1 N–H and O–H groups in total. The third-order valence-electron chi connectivity index (χ3n) is 5.89. The number of nitrogens with one attached hydrogen (secondary N) is 1. The van der Waals surface area contributed by atoms with Crippen LogP contribution >= 0.6 is 0 Å². The summed E-state index contributed by atoms with van der Waals surface area (Å²) in [5.74, 6) is -1.11. The van der Waals surface area contributed by atoms with Crippen molar-refractivity contribution in [2.24, 2.45) is 5.92 Å². The van der Waals surface area contributed by atoms with Gasteiger partial charge in [-0.25, -0.2) is 8.42 Å². The van der Waals surface area contributed by atoms with Gasteiger partial charge in [-0.3, -0.25) is 14.9 Å². The third-order valence-corrected chi connectivity index (χ3v) is 7.79. The summed E-state index contributed by atoms with van der Waals surface area (Å²) in [6, 6.07) is 3.92. The average Bonchev–Trinajstić information content (AvgIpc) is 3.56. The highest BCUT2D eigenvalue weighted by atomic mass is 32.2. The van der Waals surface area contributed by atoms with E-state index >= 15 is 0 Å². The first-order chi connectivity index (χ1) is 14.4. The minimum atomic E-state index is -3.72. The lowest BCUT2D eigenvalue weighted by molar-refractivity contribution is -0.497. The summed E-state index contributed by atoms with van der Waals surface area (Å²) in [6.45, 7) is 2.89. The van der Waals surface area contributed by atoms with Crippen molar-refractivity contribution in [1.82, 2.24) is 4.31 Å². The van der Waals surface area contributed by atoms with Crippen molar-refractivity contribution in [3.8, 4) is 0 Å². The molecule has 0 spiro atoms. The molecule has 11 heteroatoms. The quantitative estimate of drug-likeness (QED) is 0.525. The molecule has 1 amide bonds. The van der Waals surface area contributed by atoms with Gasteiger partial charge in [0.15, 0.2) is 0 Å². The summed E-state index contributed by atoms with van der Waals surface area (Å²) in [4.78, 5) is 25.3. The highest BCUT2D eigenvalue weighted by Crippen LogP contribution is 2.37. The van der Waals surface area contributed by atoms with Crippen molar-refractivity contribution in [1.29, 1.82) is 0 Å². The summed E-state index contributed by atoms with van der Waals surface area (Å²) in [7, 11) is -3.72. The molecule has 2 unspecified atom stereocenters. The Morgan fingerprint density at radius 1 is 1.13 bits per heavy atom. The number of nitrogens with zero attached hydrogens (tertiary/aromatic N) is 3. The largest absolute Gasteiger partial charge is 0.379 e. The molecule has 0 aromatic heterocycles. The molecular formula is C19H26N4O6S. The number of sulfonamides is 1. The molecular weight excluding hydrogens is 412 g/mol. The van der Waals surface area contributed by atoms with E-state index in [1.165, 1.54) is 10.4 Å². The fraction of sp³-hybridized carbons (Fsp3) is 0.632. The number of rotatable bonds is 6. The predicted octanol–water partition coefficient (Wildman–Crippen LogP) is 1.30. The van der Waals surface area contributed by atoms with E-state index in [4.69, 9.17) is 4.74 Å². The Bertz CT molecular complexity index is 925. The van der Waals surface area contributed by atoms with Gasteiger partial charge in [0, 0.05) is 37.5 Å². The molecule has 1 saturated carbocycles. The maximum atomic E-state index is 13.1. The van der Waals surface area contributed by atoms with Gasteiger partial charge in [0.1, 0.15) is 5.92 Å². The van der Waals surface area contributed by atoms with E-state index in [-0.39, 0.29) is 24.4 Å². The van der Waals surface area contributed by atoms with Gasteiger partial charge < -0.3 is 15.0 Å². The molecule has 4 rings (SSSR count). The smallest absolute Gasteiger partial charge is 0.243 e. The Morgan fingerprint density at radius 3 is 2.47 bits per heavy atom. The van der Waals surface area contributed by atoms with E-state index in [1.54, 1.807) is 12.1 Å². The van der Waals surface area contributed by atoms with E-state index in [0.29, 0.717) is 18.9 Å². The number of piperidine rings is 1. The maximum Gasteiger partial charge on any atom is 0.243 e. The standard InChI is InChI=1S/C19H26N4O6S/c24-19(15-13-18(15)23(25)26)20-16-12-14(30(27,28)22-8-10-29-11-9-22)4-5-17(16)21-6-2-1-3-7-21/h4-5,12,15,18H,1-3,6-11,13H2,(H,20,24). The lowest BCUT2D eigenvalue weighted by Crippen LogP contribution is -2.40. The number of amides is 1. The second kappa shape index (κ2) is 8.48. The molecule has 1 aromatic rings. The van der Waals surface area contributed by atoms with Gasteiger partial charge in [0.05, 0.1) is 29.5 Å². The fourth-order valence-corrected chi connectivity index (χ4v) is 5.48. The van der Waals surface area contributed by atoms with Crippen LogP contribution in [0.3, 0.4) is 0 Å². The normalized spacial score (nSPS) is 25.0. The molecule has 2 saturated heterocycles. The molecule has 2 atom stereocenters. The Kier molecular flexibility index (Phi) is 5.94. The van der Waals surface area contributed by atoms with Gasteiger partial charge in [0.25, 0.3) is 0 Å². The second-order valence-electron chi connectivity index (χ2n) is 7.93. The van der Waals surface area contributed by atoms with E-state index in [9.17, 15) is 23.3 Å². The van der Waals surface area contributed by atoms with Crippen LogP contribution in [-0.4, -0.2) is 69.0 Å². The Labute approximate surface area is 175 Å². The van der Waals surface area contributed by atoms with Crippen molar-refractivity contribution in [3.63, 3.8) is 0 Å². The monoisotopic (exact) mass is 438 g/mol. The zero-order valence-electron chi connectivity index (χ0n) is 16.7. The number of carbonyl (C=O) groups is 1. The Morgan fingerprint density at radius 2 is 1.83 bits per heavy atom. The highest BCUT2D eigenvalue weighted by Gasteiger charge is 2.53. The summed E-state index contributed by atoms with van der Waals surface area (Å²) in [6.07, 6.45) is 3.39. The van der Waals surface area contributed by atoms with Crippen LogP contribution in [-0.2, 0) is 19.6 Å². The zero-order valence-corrected chi connectivity index (χ0v) is 17.5. The predicted molar refractivity (Wildman–Crippen MR) is 110 cm³/mol. The van der Waals surface area contributed by atoms with Crippen molar-refractivity contribution in [2.75, 3.05) is 49.6 Å². The summed E-state index contributed by atoms with van der Waals surface area (Å²) in [5, 5.41) is 13.7. The SMILES string of the molecule is O=C(Nc1cc(S(=O)(=O)N2CCOCC2)ccc1N1CCCCC1)C1CC1[N+](=O)[O-]. The molecule has 3 aliphatic rings. The van der Waals surface area contributed by atoms with Crippen LogP contribution in [0.1, 0.15) is 25.7 Å². The molecule has 164 valence electrons. The summed E-state index contributed by atoms with van der Waals surface area (Å²) >= 11 is 0. The summed E-state index contributed by atoms with van der Waals surface area (Å²) < 4.78 is 32.7. The van der Waals surface area contributed by atoms with E-state index < -0.39 is 32.8 Å². The van der Waals surface area contributed by atoms with Crippen LogP contribution in [0.25, 0.3) is 0 Å². The van der Waals surface area contributed by atoms with Crippen LogP contribution in [0.5, 0.6) is 0 Å². The molecule has 1 aliphatic carbocycles. The van der Waals surface area contributed by atoms with E-state index in [2.05, 4.69) is 10.2 Å². The van der Waals surface area contributed by atoms with E-state index in [0.717, 1.165) is 38.0 Å². The molecule has 0 radical (unpaired) electrons. The summed E-state index contributed by atoms with van der Waals surface area (Å²) in [5.41, 5.74) is 1.15. The lowest BCUT2D eigenvalue weighted by atomic mass is 10.1. The molecule has 30 heavy (non-hydrogen) atoms. The molecule has 0 bridgehead atoms. The first kappa shape index (κ1) is 21.0. The van der Waals surface area contributed by atoms with Gasteiger partial charge >= 0.3 is 0 Å². The first-order valence-electron chi connectivity index (χ1n) is 10.3. The van der Waals surface area contributed by atoms with Crippen LogP contribution in [0.2, 0.25) is 0 Å². The van der Waals surface area contributed by atoms with E-state index in [1.807, 2.05) is 0 Å². The average molecular weight is 439 g/mol. The topological polar surface area (TPSA) is 122 Å². The Balaban J connectivity index is 1.62. The number of hydrogen-bond donors (Lipinski definition) is 1. The number of morpholine rings is 1. The van der Waals surface area contributed by atoms with Crippen molar-refractivity contribution >= 4 is 27.3 Å². The van der Waals surface area contributed by atoms with Crippen LogP contribution < -0.4 is 10.2 Å². The molecule has 10 nitrogen and oxygen atoms in total. The fourth-order valence-electron chi connectivity index (χ4n) is 4.04. The number of ether oxygens (including phenoxy) is 1. The minimum Gasteiger partial charge on any atom is -0.379 e. The van der Waals surface area contributed by atoms with Crippen molar-refractivity contribution < 1.29 is 22.9 Å². The third kappa shape index (κ3) is 4.28. The zero-order chi connectivity index (χ0) is 21.3. The number of benzene rings is 1. The molecule has 1 aromatic carbocycles. The first-order valence-corrected chi connectivity index (χ1v) is 11.7. The van der Waals surface area contributed by atoms with Crippen molar-refractivity contribution in [2.45, 2.75) is 36.6 Å². The molecule has 2 aliphatic heterocycles.